The number of halogens is 1. The van der Waals surface area contributed by atoms with E-state index in [1.807, 2.05) is 30.1 Å². The van der Waals surface area contributed by atoms with E-state index in [2.05, 4.69) is 16.4 Å². The molecule has 0 saturated carbocycles. The summed E-state index contributed by atoms with van der Waals surface area (Å²) in [5.41, 5.74) is 1.51. The summed E-state index contributed by atoms with van der Waals surface area (Å²) in [4.78, 5) is 19.1. The number of fused-ring (bicyclic) bond motifs is 1. The Hall–Kier alpha value is -2.40. The number of nitrogens with zero attached hydrogens (tertiary/aromatic N) is 4. The molecule has 1 aromatic carbocycles. The van der Waals surface area contributed by atoms with Crippen molar-refractivity contribution in [2.75, 3.05) is 25.0 Å². The lowest BCUT2D eigenvalue weighted by atomic mass is 10.1. The molecule has 8 heteroatoms. The van der Waals surface area contributed by atoms with Gasteiger partial charge in [0.15, 0.2) is 5.56 Å². The summed E-state index contributed by atoms with van der Waals surface area (Å²) >= 11 is 7.84. The zero-order valence-electron chi connectivity index (χ0n) is 14.8. The third kappa shape index (κ3) is 3.10. The molecule has 3 heterocycles. The molecule has 138 valence electrons. The summed E-state index contributed by atoms with van der Waals surface area (Å²) in [6, 6.07) is 9.68. The van der Waals surface area contributed by atoms with Gasteiger partial charge in [0.25, 0.3) is 5.56 Å². The summed E-state index contributed by atoms with van der Waals surface area (Å²) < 4.78 is 1.75. The highest BCUT2D eigenvalue weighted by Crippen LogP contribution is 2.39. The Kier molecular flexibility index (Phi) is 4.87. The highest BCUT2D eigenvalue weighted by molar-refractivity contribution is 7.11. The van der Waals surface area contributed by atoms with Gasteiger partial charge >= 0.3 is 0 Å². The van der Waals surface area contributed by atoms with Crippen LogP contribution >= 0.6 is 23.1 Å². The molecule has 0 spiro atoms. The maximum absolute atomic E-state index is 12.9. The van der Waals surface area contributed by atoms with Gasteiger partial charge in [0, 0.05) is 18.6 Å². The Bertz CT molecular complexity index is 1090. The average molecular weight is 400 g/mol. The van der Waals surface area contributed by atoms with Crippen LogP contribution in [0.4, 0.5) is 10.7 Å². The average Bonchev–Trinajstić information content (AvgIpc) is 3.04. The molecule has 0 unspecified atom stereocenters. The van der Waals surface area contributed by atoms with Crippen molar-refractivity contribution in [2.24, 2.45) is 0 Å². The second kappa shape index (κ2) is 7.31. The van der Waals surface area contributed by atoms with Gasteiger partial charge in [0.2, 0.25) is 0 Å². The molecule has 4 rings (SSSR count). The fourth-order valence-corrected chi connectivity index (χ4v) is 4.99. The third-order valence-corrected chi connectivity index (χ3v) is 6.53. The van der Waals surface area contributed by atoms with Crippen LogP contribution in [0.3, 0.4) is 0 Å². The maximum Gasteiger partial charge on any atom is 0.281 e. The standard InChI is InChI=1S/C19H18ClN5OS/c1-24(17-13-3-2-8-23-16(13)5-4-15(17)20)19-14(11-21)18(26)25(27-19)12-6-9-22-10-7-12/h2-5,8,12,22H,6-7,9-10H2,1H3. The van der Waals surface area contributed by atoms with Crippen LogP contribution in [0.2, 0.25) is 5.02 Å². The van der Waals surface area contributed by atoms with Crippen molar-refractivity contribution < 1.29 is 0 Å². The molecule has 1 aliphatic rings. The predicted octanol–water partition coefficient (Wildman–Crippen LogP) is 3.68. The Morgan fingerprint density at radius 3 is 2.89 bits per heavy atom. The molecule has 27 heavy (non-hydrogen) atoms. The Morgan fingerprint density at radius 2 is 2.15 bits per heavy atom. The number of benzene rings is 1. The molecule has 0 bridgehead atoms. The lowest BCUT2D eigenvalue weighted by Crippen LogP contribution is -2.32. The lowest BCUT2D eigenvalue weighted by Gasteiger charge is -2.23. The van der Waals surface area contributed by atoms with E-state index in [1.54, 1.807) is 16.2 Å². The summed E-state index contributed by atoms with van der Waals surface area (Å²) in [7, 11) is 1.84. The normalized spacial score (nSPS) is 15.0. The minimum Gasteiger partial charge on any atom is -0.332 e. The van der Waals surface area contributed by atoms with Crippen LogP contribution in [0.5, 0.6) is 0 Å². The third-order valence-electron chi connectivity index (χ3n) is 4.91. The number of anilines is 2. The van der Waals surface area contributed by atoms with E-state index in [4.69, 9.17) is 11.6 Å². The van der Waals surface area contributed by atoms with Crippen molar-refractivity contribution in [3.8, 4) is 6.07 Å². The zero-order chi connectivity index (χ0) is 19.0. The molecule has 1 fully saturated rings. The number of nitrogens with one attached hydrogen (secondary N) is 1. The Labute approximate surface area is 165 Å². The van der Waals surface area contributed by atoms with E-state index < -0.39 is 0 Å². The number of aromatic nitrogens is 2. The van der Waals surface area contributed by atoms with Crippen molar-refractivity contribution in [2.45, 2.75) is 18.9 Å². The minimum atomic E-state index is -0.217. The highest BCUT2D eigenvalue weighted by Gasteiger charge is 2.26. The molecule has 3 aromatic rings. The molecule has 1 saturated heterocycles. The second-order valence-corrected chi connectivity index (χ2v) is 7.89. The fraction of sp³-hybridized carbons (Fsp3) is 0.316. The number of hydrogen-bond donors (Lipinski definition) is 1. The number of nitriles is 1. The van der Waals surface area contributed by atoms with Crippen molar-refractivity contribution in [3.05, 3.63) is 51.4 Å². The van der Waals surface area contributed by atoms with Crippen LogP contribution in [0.25, 0.3) is 10.9 Å². The van der Waals surface area contributed by atoms with E-state index in [9.17, 15) is 10.1 Å². The first-order valence-corrected chi connectivity index (χ1v) is 9.90. The Morgan fingerprint density at radius 1 is 1.37 bits per heavy atom. The molecule has 2 aromatic heterocycles. The van der Waals surface area contributed by atoms with E-state index in [1.165, 1.54) is 11.5 Å². The first kappa shape index (κ1) is 18.0. The largest absolute Gasteiger partial charge is 0.332 e. The molecule has 0 aliphatic carbocycles. The van der Waals surface area contributed by atoms with Gasteiger partial charge in [-0.2, -0.15) is 5.26 Å². The van der Waals surface area contributed by atoms with Gasteiger partial charge < -0.3 is 10.2 Å². The molecule has 1 N–H and O–H groups in total. The SMILES string of the molecule is CN(c1sn(C2CCNCC2)c(=O)c1C#N)c1c(Cl)ccc2ncccc12. The highest BCUT2D eigenvalue weighted by atomic mass is 35.5. The van der Waals surface area contributed by atoms with Crippen molar-refractivity contribution in [1.82, 2.24) is 14.3 Å². The van der Waals surface area contributed by atoms with Crippen LogP contribution in [0, 0.1) is 11.3 Å². The minimum absolute atomic E-state index is 0.127. The summed E-state index contributed by atoms with van der Waals surface area (Å²) in [6.07, 6.45) is 3.49. The zero-order valence-corrected chi connectivity index (χ0v) is 16.3. The first-order chi connectivity index (χ1) is 13.1. The van der Waals surface area contributed by atoms with Crippen LogP contribution < -0.4 is 15.8 Å². The first-order valence-electron chi connectivity index (χ1n) is 8.75. The lowest BCUT2D eigenvalue weighted by molar-refractivity contribution is 0.380. The fourth-order valence-electron chi connectivity index (χ4n) is 3.54. The summed E-state index contributed by atoms with van der Waals surface area (Å²) in [5.74, 6) is 0. The topological polar surface area (TPSA) is 73.9 Å². The predicted molar refractivity (Wildman–Crippen MR) is 109 cm³/mol. The molecule has 0 amide bonds. The van der Waals surface area contributed by atoms with Gasteiger partial charge in [-0.05, 0) is 61.7 Å². The molecular weight excluding hydrogens is 382 g/mol. The van der Waals surface area contributed by atoms with Gasteiger partial charge in [0.1, 0.15) is 11.1 Å². The van der Waals surface area contributed by atoms with Crippen LogP contribution in [0.15, 0.2) is 35.3 Å². The van der Waals surface area contributed by atoms with Crippen LogP contribution in [-0.4, -0.2) is 29.1 Å². The smallest absolute Gasteiger partial charge is 0.281 e. The molecule has 0 atom stereocenters. The van der Waals surface area contributed by atoms with Gasteiger partial charge in [-0.15, -0.1) is 0 Å². The van der Waals surface area contributed by atoms with E-state index in [0.29, 0.717) is 10.0 Å². The van der Waals surface area contributed by atoms with Crippen molar-refractivity contribution in [3.63, 3.8) is 0 Å². The van der Waals surface area contributed by atoms with Gasteiger partial charge in [-0.1, -0.05) is 11.6 Å². The molecule has 1 aliphatic heterocycles. The monoisotopic (exact) mass is 399 g/mol. The number of piperidine rings is 1. The van der Waals surface area contributed by atoms with Gasteiger partial charge in [-0.25, -0.2) is 0 Å². The van der Waals surface area contributed by atoms with Crippen LogP contribution in [-0.2, 0) is 0 Å². The maximum atomic E-state index is 12.9. The van der Waals surface area contributed by atoms with E-state index in [0.717, 1.165) is 42.5 Å². The van der Waals surface area contributed by atoms with Crippen molar-refractivity contribution in [1.29, 1.82) is 5.26 Å². The molecular formula is C19H18ClN5OS. The van der Waals surface area contributed by atoms with Crippen LogP contribution in [0.1, 0.15) is 24.4 Å². The van der Waals surface area contributed by atoms with Gasteiger partial charge in [-0.3, -0.25) is 13.7 Å². The quantitative estimate of drug-likeness (QED) is 0.727. The number of hydrogen-bond acceptors (Lipinski definition) is 6. The number of pyridine rings is 1. The molecule has 0 radical (unpaired) electrons. The van der Waals surface area contributed by atoms with E-state index >= 15 is 0 Å². The van der Waals surface area contributed by atoms with Crippen molar-refractivity contribution >= 4 is 44.7 Å². The number of rotatable bonds is 3. The second-order valence-electron chi connectivity index (χ2n) is 6.52. The summed E-state index contributed by atoms with van der Waals surface area (Å²) in [5, 5.41) is 15.0. The molecule has 6 nitrogen and oxygen atoms in total. The Balaban J connectivity index is 1.86. The van der Waals surface area contributed by atoms with E-state index in [-0.39, 0.29) is 17.2 Å². The van der Waals surface area contributed by atoms with Gasteiger partial charge in [0.05, 0.1) is 22.3 Å². The summed E-state index contributed by atoms with van der Waals surface area (Å²) in [6.45, 7) is 1.76.